The molecule has 210 valence electrons. The molecule has 0 N–H and O–H groups in total. The van der Waals surface area contributed by atoms with Gasteiger partial charge in [-0.05, 0) is 85.5 Å². The van der Waals surface area contributed by atoms with Crippen molar-refractivity contribution >= 4 is 56.2 Å². The molecule has 3 aromatic carbocycles. The molecule has 2 aliphatic heterocycles. The van der Waals surface area contributed by atoms with Crippen LogP contribution in [0.15, 0.2) is 65.2 Å². The second-order valence-corrected chi connectivity index (χ2v) is 10.6. The second-order valence-electron chi connectivity index (χ2n) is 10.6. The van der Waals surface area contributed by atoms with Crippen molar-refractivity contribution in [3.63, 3.8) is 0 Å². The van der Waals surface area contributed by atoms with Gasteiger partial charge in [0.15, 0.2) is 5.58 Å². The monoisotopic (exact) mass is 557 g/mol. The van der Waals surface area contributed by atoms with Crippen LogP contribution in [0.5, 0.6) is 0 Å². The first kappa shape index (κ1) is 16.2. The fourth-order valence-electron chi connectivity index (χ4n) is 6.57. The van der Waals surface area contributed by atoms with Crippen molar-refractivity contribution in [2.75, 3.05) is 19.6 Å². The molecule has 0 saturated heterocycles. The fraction of sp³-hybridized carbons (Fsp3) is 0.353. The topological polar surface area (TPSA) is 51.9 Å². The Morgan fingerprint density at radius 2 is 1.39 bits per heavy atom. The number of aryl methyl sites for hydroxylation is 1. The smallest absolute Gasteiger partial charge is 0.230 e. The SMILES string of the molecule is [2H]C([2H])([2H])C([2H])(C)N1c2ccccc2N(c2cc3c(oc4nc(C)ncc43)c(N3c4ccccc4N(C([2H])(C([2H])([2H])[2H])C([2H])([2H])[2H])[C@@H]3C)c2C)[C@@H]1C. The molecule has 7 rings (SSSR count). The van der Waals surface area contributed by atoms with E-state index in [1.807, 2.05) is 36.9 Å². The number of anilines is 6. The van der Waals surface area contributed by atoms with Gasteiger partial charge >= 0.3 is 0 Å². The first-order valence-corrected chi connectivity index (χ1v) is 13.6. The second kappa shape index (κ2) is 9.13. The van der Waals surface area contributed by atoms with Gasteiger partial charge in [-0.2, -0.15) is 4.98 Å². The van der Waals surface area contributed by atoms with Gasteiger partial charge in [0.25, 0.3) is 0 Å². The molecule has 2 aromatic heterocycles. The van der Waals surface area contributed by atoms with Crippen molar-refractivity contribution in [3.05, 3.63) is 72.2 Å². The lowest BCUT2D eigenvalue weighted by molar-refractivity contribution is 0.599. The van der Waals surface area contributed by atoms with Gasteiger partial charge in [-0.15, -0.1) is 0 Å². The molecule has 2 aliphatic rings. The molecule has 7 heteroatoms. The third kappa shape index (κ3) is 3.57. The van der Waals surface area contributed by atoms with Crippen LogP contribution >= 0.6 is 0 Å². The average Bonchev–Trinajstić information content (AvgIpc) is 3.64. The summed E-state index contributed by atoms with van der Waals surface area (Å²) in [6.07, 6.45) is -0.0463. The van der Waals surface area contributed by atoms with Crippen molar-refractivity contribution in [2.45, 2.75) is 79.5 Å². The number of fused-ring (bicyclic) bond motifs is 5. The van der Waals surface area contributed by atoms with Crippen LogP contribution in [0.1, 0.15) is 67.8 Å². The fourth-order valence-corrected chi connectivity index (χ4v) is 6.57. The number of para-hydroxylation sites is 4. The molecule has 0 bridgehead atoms. The third-order valence-electron chi connectivity index (χ3n) is 8.24. The van der Waals surface area contributed by atoms with Crippen molar-refractivity contribution in [1.29, 1.82) is 0 Å². The van der Waals surface area contributed by atoms with E-state index in [1.54, 1.807) is 66.2 Å². The van der Waals surface area contributed by atoms with Crippen LogP contribution in [-0.4, -0.2) is 34.3 Å². The molecule has 41 heavy (non-hydrogen) atoms. The third-order valence-corrected chi connectivity index (χ3v) is 8.24. The molecule has 0 spiro atoms. The molecule has 7 nitrogen and oxygen atoms in total. The predicted octanol–water partition coefficient (Wildman–Crippen LogP) is 8.42. The summed E-state index contributed by atoms with van der Waals surface area (Å²) in [5, 5.41) is 1.19. The quantitative estimate of drug-likeness (QED) is 0.220. The lowest BCUT2D eigenvalue weighted by atomic mass is 10.0. The summed E-state index contributed by atoms with van der Waals surface area (Å²) in [5.74, 6) is 0.475. The van der Waals surface area contributed by atoms with Crippen LogP contribution in [0.25, 0.3) is 22.1 Å². The van der Waals surface area contributed by atoms with Crippen LogP contribution < -0.4 is 19.6 Å². The number of furan rings is 1. The van der Waals surface area contributed by atoms with Crippen LogP contribution in [0, 0.1) is 13.8 Å². The van der Waals surface area contributed by atoms with Gasteiger partial charge in [0.1, 0.15) is 18.2 Å². The van der Waals surface area contributed by atoms with Crippen molar-refractivity contribution in [2.24, 2.45) is 0 Å². The Morgan fingerprint density at radius 3 is 2.05 bits per heavy atom. The van der Waals surface area contributed by atoms with Gasteiger partial charge in [-0.3, -0.25) is 0 Å². The zero-order valence-electron chi connectivity index (χ0n) is 34.5. The zero-order chi connectivity index (χ0) is 38.1. The molecule has 4 heterocycles. The van der Waals surface area contributed by atoms with E-state index in [9.17, 15) is 1.37 Å². The van der Waals surface area contributed by atoms with Gasteiger partial charge in [0.2, 0.25) is 5.71 Å². The number of nitrogens with zero attached hydrogens (tertiary/aromatic N) is 6. The maximum atomic E-state index is 9.23. The number of aromatic nitrogens is 2. The molecule has 0 saturated carbocycles. The van der Waals surface area contributed by atoms with E-state index < -0.39 is 44.9 Å². The van der Waals surface area contributed by atoms with Crippen LogP contribution in [0.3, 0.4) is 0 Å². The van der Waals surface area contributed by atoms with E-state index >= 15 is 0 Å². The van der Waals surface area contributed by atoms with Gasteiger partial charge in [0.05, 0.1) is 36.6 Å². The normalized spacial score (nSPS) is 25.0. The summed E-state index contributed by atoms with van der Waals surface area (Å²) < 4.78 is 99.8. The standard InChI is InChI=1S/C34H38N6O/c1-19(2)37-23(7)39(29-15-11-9-13-27(29)37)31-17-25-26-18-35-22(6)36-34(26)41-33(25)32(21(31)5)40-24(8)38(20(3)4)28-14-10-12-16-30(28)40/h9-20,23-24H,1-8H3/t23-,24+/m1/s1/i1D3,3D3,4D3,19D,20D/t19?,23-,24+. The highest BCUT2D eigenvalue weighted by Gasteiger charge is 2.40. The highest BCUT2D eigenvalue weighted by molar-refractivity contribution is 6.12. The summed E-state index contributed by atoms with van der Waals surface area (Å²) in [6, 6.07) is 10.9. The number of hydrogen-bond acceptors (Lipinski definition) is 7. The Bertz CT molecular complexity index is 2210. The van der Waals surface area contributed by atoms with E-state index in [2.05, 4.69) is 9.97 Å². The van der Waals surface area contributed by atoms with E-state index in [-0.39, 0.29) is 5.69 Å². The Labute approximate surface area is 257 Å². The Morgan fingerprint density at radius 1 is 0.805 bits per heavy atom. The number of hydrogen-bond donors (Lipinski definition) is 0. The molecule has 5 aromatic rings. The van der Waals surface area contributed by atoms with Crippen molar-refractivity contribution < 1.29 is 19.5 Å². The molecular formula is C34H38N6O. The summed E-state index contributed by atoms with van der Waals surface area (Å²) in [4.78, 5) is 15.5. The number of rotatable bonds is 4. The van der Waals surface area contributed by atoms with Gasteiger partial charge < -0.3 is 24.0 Å². The minimum absolute atomic E-state index is 0.246. The van der Waals surface area contributed by atoms with Crippen molar-refractivity contribution in [1.82, 2.24) is 9.97 Å². The van der Waals surface area contributed by atoms with Crippen LogP contribution in [0.2, 0.25) is 0 Å². The van der Waals surface area contributed by atoms with Crippen molar-refractivity contribution in [3.8, 4) is 0 Å². The zero-order valence-corrected chi connectivity index (χ0v) is 23.5. The summed E-state index contributed by atoms with van der Waals surface area (Å²) in [7, 11) is 0. The predicted molar refractivity (Wildman–Crippen MR) is 170 cm³/mol. The van der Waals surface area contributed by atoms with Crippen LogP contribution in [-0.2, 0) is 0 Å². The van der Waals surface area contributed by atoms with Crippen LogP contribution in [0.4, 0.5) is 34.1 Å². The maximum absolute atomic E-state index is 9.23. The molecule has 1 unspecified atom stereocenters. The minimum Gasteiger partial charge on any atom is -0.435 e. The molecule has 3 atom stereocenters. The Balaban J connectivity index is 1.54. The van der Waals surface area contributed by atoms with Gasteiger partial charge in [-0.1, -0.05) is 24.3 Å². The lowest BCUT2D eigenvalue weighted by Crippen LogP contribution is -2.43. The van der Waals surface area contributed by atoms with E-state index in [1.165, 1.54) is 6.92 Å². The van der Waals surface area contributed by atoms with E-state index in [4.69, 9.17) is 18.1 Å². The van der Waals surface area contributed by atoms with E-state index in [0.29, 0.717) is 61.9 Å². The first-order chi connectivity index (χ1) is 24.0. The highest BCUT2D eigenvalue weighted by Crippen LogP contribution is 2.53. The van der Waals surface area contributed by atoms with Gasteiger partial charge in [0, 0.05) is 47.2 Å². The summed E-state index contributed by atoms with van der Waals surface area (Å²) in [6.45, 7) is -0.718. The first-order valence-electron chi connectivity index (χ1n) is 19.1. The molecule has 0 fully saturated rings. The largest absolute Gasteiger partial charge is 0.435 e. The molecular weight excluding hydrogens is 508 g/mol. The summed E-state index contributed by atoms with van der Waals surface area (Å²) in [5.41, 5.74) is 4.33. The maximum Gasteiger partial charge on any atom is 0.230 e. The Hall–Kier alpha value is -4.26. The minimum atomic E-state index is -3.25. The van der Waals surface area contributed by atoms with E-state index in [0.717, 1.165) is 4.90 Å². The highest BCUT2D eigenvalue weighted by atomic mass is 16.3. The lowest BCUT2D eigenvalue weighted by Gasteiger charge is -2.36. The number of benzene rings is 3. The Kier molecular flexibility index (Phi) is 3.62. The van der Waals surface area contributed by atoms with Gasteiger partial charge in [-0.25, -0.2) is 4.98 Å². The molecule has 0 amide bonds. The average molecular weight is 558 g/mol. The molecule has 0 aliphatic carbocycles. The molecule has 0 radical (unpaired) electrons. The summed E-state index contributed by atoms with van der Waals surface area (Å²) >= 11 is 0.